The SMILES string of the molecule is CCCCC(CC)Cc1ccc2c(c1)c1cc(CC(CC)CCCC)ccc1n2C. The Kier molecular flexibility index (Phi) is 8.42. The van der Waals surface area contributed by atoms with Crippen LogP contribution in [0.1, 0.15) is 90.2 Å². The number of benzene rings is 2. The Labute approximate surface area is 184 Å². The van der Waals surface area contributed by atoms with Gasteiger partial charge in [-0.15, -0.1) is 0 Å². The maximum atomic E-state index is 2.49. The van der Waals surface area contributed by atoms with Gasteiger partial charge in [0, 0.05) is 28.9 Å². The second kappa shape index (κ2) is 11.0. The first-order valence-electron chi connectivity index (χ1n) is 12.6. The summed E-state index contributed by atoms with van der Waals surface area (Å²) < 4.78 is 2.38. The molecule has 3 aromatic rings. The molecule has 0 radical (unpaired) electrons. The lowest BCUT2D eigenvalue weighted by atomic mass is 9.90. The van der Waals surface area contributed by atoms with E-state index in [1.54, 1.807) is 0 Å². The summed E-state index contributed by atoms with van der Waals surface area (Å²) >= 11 is 0. The summed E-state index contributed by atoms with van der Waals surface area (Å²) in [4.78, 5) is 0. The molecule has 0 spiro atoms. The topological polar surface area (TPSA) is 4.93 Å². The fraction of sp³-hybridized carbons (Fsp3) is 0.586. The Balaban J connectivity index is 1.91. The number of hydrogen-bond donors (Lipinski definition) is 0. The summed E-state index contributed by atoms with van der Waals surface area (Å²) in [5.41, 5.74) is 5.76. The molecule has 2 aromatic carbocycles. The molecule has 0 saturated heterocycles. The second-order valence-corrected chi connectivity index (χ2v) is 9.50. The minimum Gasteiger partial charge on any atom is -0.344 e. The molecule has 0 aliphatic heterocycles. The predicted octanol–water partition coefficient (Wildman–Crippen LogP) is 8.85. The molecule has 0 saturated carbocycles. The van der Waals surface area contributed by atoms with E-state index in [1.165, 1.54) is 97.1 Å². The van der Waals surface area contributed by atoms with Gasteiger partial charge >= 0.3 is 0 Å². The fourth-order valence-electron chi connectivity index (χ4n) is 5.12. The third kappa shape index (κ3) is 5.29. The van der Waals surface area contributed by atoms with Crippen molar-refractivity contribution in [1.29, 1.82) is 0 Å². The van der Waals surface area contributed by atoms with Crippen LogP contribution in [-0.2, 0) is 19.9 Å². The van der Waals surface area contributed by atoms with E-state index in [-0.39, 0.29) is 0 Å². The predicted molar refractivity (Wildman–Crippen MR) is 134 cm³/mol. The number of fused-ring (bicyclic) bond motifs is 3. The molecule has 1 aromatic heterocycles. The minimum absolute atomic E-state index is 0.816. The zero-order chi connectivity index (χ0) is 21.5. The van der Waals surface area contributed by atoms with Crippen molar-refractivity contribution in [2.24, 2.45) is 18.9 Å². The Bertz CT molecular complexity index is 857. The van der Waals surface area contributed by atoms with Gasteiger partial charge in [-0.25, -0.2) is 0 Å². The highest BCUT2D eigenvalue weighted by atomic mass is 14.9. The van der Waals surface area contributed by atoms with Crippen LogP contribution in [0.25, 0.3) is 21.8 Å². The monoisotopic (exact) mass is 405 g/mol. The average Bonchev–Trinajstić information content (AvgIpc) is 3.05. The summed E-state index contributed by atoms with van der Waals surface area (Å²) in [5.74, 6) is 1.63. The summed E-state index contributed by atoms with van der Waals surface area (Å²) in [6.45, 7) is 9.31. The van der Waals surface area contributed by atoms with Gasteiger partial charge in [0.1, 0.15) is 0 Å². The van der Waals surface area contributed by atoms with Crippen LogP contribution in [0.5, 0.6) is 0 Å². The molecule has 164 valence electrons. The Morgan fingerprint density at radius 2 is 1.10 bits per heavy atom. The maximum absolute atomic E-state index is 2.49. The summed E-state index contributed by atoms with van der Waals surface area (Å²) in [6, 6.07) is 14.4. The van der Waals surface area contributed by atoms with Crippen LogP contribution in [0.15, 0.2) is 36.4 Å². The van der Waals surface area contributed by atoms with Crippen molar-refractivity contribution < 1.29 is 0 Å². The van der Waals surface area contributed by atoms with Gasteiger partial charge in [0.2, 0.25) is 0 Å². The molecule has 3 rings (SSSR count). The molecule has 0 N–H and O–H groups in total. The van der Waals surface area contributed by atoms with Crippen LogP contribution in [0.3, 0.4) is 0 Å². The van der Waals surface area contributed by atoms with E-state index in [0.717, 1.165) is 11.8 Å². The van der Waals surface area contributed by atoms with Gasteiger partial charge in [-0.3, -0.25) is 0 Å². The molecular formula is C29H43N. The van der Waals surface area contributed by atoms with Crippen LogP contribution >= 0.6 is 0 Å². The lowest BCUT2D eigenvalue weighted by Gasteiger charge is -2.15. The average molecular weight is 406 g/mol. The number of hydrogen-bond acceptors (Lipinski definition) is 0. The van der Waals surface area contributed by atoms with E-state index in [9.17, 15) is 0 Å². The van der Waals surface area contributed by atoms with Crippen LogP contribution in [0, 0.1) is 11.8 Å². The third-order valence-electron chi connectivity index (χ3n) is 7.27. The van der Waals surface area contributed by atoms with Gasteiger partial charge in [-0.05, 0) is 60.1 Å². The third-order valence-corrected chi connectivity index (χ3v) is 7.27. The molecule has 1 heteroatoms. The summed E-state index contributed by atoms with van der Waals surface area (Å²) in [6.07, 6.45) is 13.1. The molecule has 2 atom stereocenters. The molecule has 0 amide bonds. The van der Waals surface area contributed by atoms with Crippen LogP contribution in [0.4, 0.5) is 0 Å². The highest BCUT2D eigenvalue weighted by molar-refractivity contribution is 6.08. The number of nitrogens with zero attached hydrogens (tertiary/aromatic N) is 1. The molecule has 1 heterocycles. The number of unbranched alkanes of at least 4 members (excludes halogenated alkanes) is 2. The summed E-state index contributed by atoms with van der Waals surface area (Å²) in [5, 5.41) is 2.89. The van der Waals surface area contributed by atoms with Crippen LogP contribution in [-0.4, -0.2) is 4.57 Å². The molecule has 0 aliphatic carbocycles. The van der Waals surface area contributed by atoms with Crippen molar-refractivity contribution >= 4 is 21.8 Å². The largest absolute Gasteiger partial charge is 0.344 e. The fourth-order valence-corrected chi connectivity index (χ4v) is 5.12. The molecular weight excluding hydrogens is 362 g/mol. The smallest absolute Gasteiger partial charge is 0.0488 e. The Morgan fingerprint density at radius 1 is 0.667 bits per heavy atom. The van der Waals surface area contributed by atoms with Gasteiger partial charge < -0.3 is 4.57 Å². The minimum atomic E-state index is 0.816. The van der Waals surface area contributed by atoms with Crippen LogP contribution in [0.2, 0.25) is 0 Å². The van der Waals surface area contributed by atoms with Crippen molar-refractivity contribution in [2.45, 2.75) is 91.9 Å². The van der Waals surface area contributed by atoms with Crippen molar-refractivity contribution in [3.8, 4) is 0 Å². The van der Waals surface area contributed by atoms with Crippen molar-refractivity contribution in [3.63, 3.8) is 0 Å². The quantitative estimate of drug-likeness (QED) is 0.283. The molecule has 2 unspecified atom stereocenters. The van der Waals surface area contributed by atoms with E-state index in [4.69, 9.17) is 0 Å². The van der Waals surface area contributed by atoms with Crippen LogP contribution < -0.4 is 0 Å². The lowest BCUT2D eigenvalue weighted by Crippen LogP contribution is -2.03. The van der Waals surface area contributed by atoms with Crippen molar-refractivity contribution in [2.75, 3.05) is 0 Å². The van der Waals surface area contributed by atoms with E-state index >= 15 is 0 Å². The standard InChI is InChI=1S/C29H43N/c1-6-10-12-22(8-3)18-24-14-16-28-26(20-24)27-21-25(15-17-29(27)30(28)5)19-23(9-4)13-11-7-2/h14-17,20-23H,6-13,18-19H2,1-5H3. The van der Waals surface area contributed by atoms with Gasteiger partial charge in [-0.2, -0.15) is 0 Å². The molecule has 1 nitrogen and oxygen atoms in total. The Hall–Kier alpha value is -1.76. The first-order valence-corrected chi connectivity index (χ1v) is 12.6. The molecule has 0 fully saturated rings. The van der Waals surface area contributed by atoms with E-state index in [1.807, 2.05) is 0 Å². The van der Waals surface area contributed by atoms with E-state index in [2.05, 4.69) is 75.7 Å². The maximum Gasteiger partial charge on any atom is 0.0488 e. The van der Waals surface area contributed by atoms with Gasteiger partial charge in [0.15, 0.2) is 0 Å². The molecule has 0 bridgehead atoms. The second-order valence-electron chi connectivity index (χ2n) is 9.50. The normalized spacial score (nSPS) is 13.9. The van der Waals surface area contributed by atoms with Crippen molar-refractivity contribution in [1.82, 2.24) is 4.57 Å². The lowest BCUT2D eigenvalue weighted by molar-refractivity contribution is 0.449. The number of aryl methyl sites for hydroxylation is 1. The van der Waals surface area contributed by atoms with Gasteiger partial charge in [0.25, 0.3) is 0 Å². The van der Waals surface area contributed by atoms with Gasteiger partial charge in [0.05, 0.1) is 0 Å². The first-order chi connectivity index (χ1) is 14.6. The number of aromatic nitrogens is 1. The molecule has 0 aliphatic rings. The zero-order valence-electron chi connectivity index (χ0n) is 20.1. The first kappa shape index (κ1) is 22.9. The van der Waals surface area contributed by atoms with Gasteiger partial charge in [-0.1, -0.05) is 91.2 Å². The number of rotatable bonds is 12. The van der Waals surface area contributed by atoms with E-state index < -0.39 is 0 Å². The highest BCUT2D eigenvalue weighted by Gasteiger charge is 2.14. The van der Waals surface area contributed by atoms with Crippen molar-refractivity contribution in [3.05, 3.63) is 47.5 Å². The summed E-state index contributed by atoms with van der Waals surface area (Å²) in [7, 11) is 2.22. The zero-order valence-corrected chi connectivity index (χ0v) is 20.1. The Morgan fingerprint density at radius 3 is 1.47 bits per heavy atom. The molecule has 30 heavy (non-hydrogen) atoms. The highest BCUT2D eigenvalue weighted by Crippen LogP contribution is 2.32. The van der Waals surface area contributed by atoms with E-state index in [0.29, 0.717) is 0 Å².